The molecular formula is C27H24N4O. The third kappa shape index (κ3) is 3.76. The second-order valence-corrected chi connectivity index (χ2v) is 8.57. The number of benzene rings is 2. The van der Waals surface area contributed by atoms with Crippen LogP contribution in [0.5, 0.6) is 0 Å². The zero-order valence-corrected chi connectivity index (χ0v) is 18.2. The van der Waals surface area contributed by atoms with E-state index in [1.807, 2.05) is 6.07 Å². The molecule has 2 aromatic carbocycles. The van der Waals surface area contributed by atoms with E-state index in [1.165, 1.54) is 24.0 Å². The van der Waals surface area contributed by atoms with E-state index in [2.05, 4.69) is 71.4 Å². The molecule has 0 bridgehead atoms. The molecule has 0 saturated heterocycles. The molecule has 2 aromatic heterocycles. The van der Waals surface area contributed by atoms with Crippen LogP contribution in [0.15, 0.2) is 71.5 Å². The van der Waals surface area contributed by atoms with Crippen LogP contribution in [0.3, 0.4) is 0 Å². The number of nitriles is 1. The standard InChI is InChI=1S/C27H24N4O/c1-18-4-3-5-21(14-18)20-8-11-23(12-9-20)31(17-19-6-7-19)25-15-26(32)30(2)24-13-10-22(16-28)29-27(24)25/h3-5,8-15,19H,6-7,17H2,1-2H3. The van der Waals surface area contributed by atoms with Crippen LogP contribution in [0.25, 0.3) is 22.2 Å². The van der Waals surface area contributed by atoms with Crippen LogP contribution in [-0.2, 0) is 7.05 Å². The molecule has 4 aromatic rings. The lowest BCUT2D eigenvalue weighted by atomic mass is 10.0. The van der Waals surface area contributed by atoms with Crippen molar-refractivity contribution in [3.05, 3.63) is 88.3 Å². The molecule has 0 atom stereocenters. The number of hydrogen-bond donors (Lipinski definition) is 0. The fourth-order valence-corrected chi connectivity index (χ4v) is 4.14. The SMILES string of the molecule is Cc1cccc(-c2ccc(N(CC3CC3)c3cc(=O)n(C)c4ccc(C#N)nc34)cc2)c1. The maximum absolute atomic E-state index is 12.8. The molecule has 1 saturated carbocycles. The van der Waals surface area contributed by atoms with Gasteiger partial charge < -0.3 is 9.47 Å². The molecule has 0 unspecified atom stereocenters. The second kappa shape index (κ2) is 7.97. The van der Waals surface area contributed by atoms with Crippen LogP contribution < -0.4 is 10.5 Å². The molecule has 5 rings (SSSR count). The first-order valence-corrected chi connectivity index (χ1v) is 10.9. The fraction of sp³-hybridized carbons (Fsp3) is 0.222. The van der Waals surface area contributed by atoms with E-state index < -0.39 is 0 Å². The second-order valence-electron chi connectivity index (χ2n) is 8.57. The molecule has 5 nitrogen and oxygen atoms in total. The van der Waals surface area contributed by atoms with Crippen molar-refractivity contribution in [2.45, 2.75) is 19.8 Å². The minimum atomic E-state index is -0.0869. The number of nitrogens with zero attached hydrogens (tertiary/aromatic N) is 4. The van der Waals surface area contributed by atoms with Gasteiger partial charge in [0.25, 0.3) is 5.56 Å². The average molecular weight is 421 g/mol. The summed E-state index contributed by atoms with van der Waals surface area (Å²) in [7, 11) is 1.74. The lowest BCUT2D eigenvalue weighted by Gasteiger charge is -2.26. The van der Waals surface area contributed by atoms with E-state index in [9.17, 15) is 10.1 Å². The molecule has 0 spiro atoms. The number of anilines is 2. The summed E-state index contributed by atoms with van der Waals surface area (Å²) in [5, 5.41) is 9.39. The third-order valence-corrected chi connectivity index (χ3v) is 6.14. The van der Waals surface area contributed by atoms with Gasteiger partial charge in [-0.3, -0.25) is 4.79 Å². The van der Waals surface area contributed by atoms with E-state index in [4.69, 9.17) is 0 Å². The van der Waals surface area contributed by atoms with E-state index >= 15 is 0 Å². The number of pyridine rings is 2. The highest BCUT2D eigenvalue weighted by atomic mass is 16.1. The number of hydrogen-bond acceptors (Lipinski definition) is 4. The van der Waals surface area contributed by atoms with Gasteiger partial charge in [-0.2, -0.15) is 5.26 Å². The van der Waals surface area contributed by atoms with Gasteiger partial charge in [-0.05, 0) is 61.1 Å². The van der Waals surface area contributed by atoms with E-state index in [-0.39, 0.29) is 5.56 Å². The number of fused-ring (bicyclic) bond motifs is 1. The predicted molar refractivity (Wildman–Crippen MR) is 128 cm³/mol. The largest absolute Gasteiger partial charge is 0.339 e. The zero-order valence-electron chi connectivity index (χ0n) is 18.2. The summed E-state index contributed by atoms with van der Waals surface area (Å²) in [5.41, 5.74) is 7.01. The van der Waals surface area contributed by atoms with Crippen molar-refractivity contribution in [1.29, 1.82) is 5.26 Å². The summed E-state index contributed by atoms with van der Waals surface area (Å²) >= 11 is 0. The molecule has 0 N–H and O–H groups in total. The average Bonchev–Trinajstić information content (AvgIpc) is 3.64. The fourth-order valence-electron chi connectivity index (χ4n) is 4.14. The maximum atomic E-state index is 12.8. The Morgan fingerprint density at radius 1 is 1.06 bits per heavy atom. The van der Waals surface area contributed by atoms with Crippen molar-refractivity contribution < 1.29 is 0 Å². The quantitative estimate of drug-likeness (QED) is 0.438. The van der Waals surface area contributed by atoms with Gasteiger partial charge in [0.1, 0.15) is 17.3 Å². The predicted octanol–water partition coefficient (Wildman–Crippen LogP) is 5.33. The molecule has 0 radical (unpaired) electrons. The Morgan fingerprint density at radius 3 is 2.53 bits per heavy atom. The summed E-state index contributed by atoms with van der Waals surface area (Å²) in [6.07, 6.45) is 2.38. The normalized spacial score (nSPS) is 13.2. The van der Waals surface area contributed by atoms with E-state index in [0.717, 1.165) is 29.0 Å². The zero-order chi connectivity index (χ0) is 22.2. The molecule has 0 amide bonds. The Balaban J connectivity index is 1.63. The number of aryl methyl sites for hydroxylation is 2. The van der Waals surface area contributed by atoms with Gasteiger partial charge >= 0.3 is 0 Å². The summed E-state index contributed by atoms with van der Waals surface area (Å²) in [6.45, 7) is 2.92. The van der Waals surface area contributed by atoms with Gasteiger partial charge in [0.15, 0.2) is 0 Å². The van der Waals surface area contributed by atoms with Crippen molar-refractivity contribution in [2.24, 2.45) is 13.0 Å². The Hall–Kier alpha value is -3.91. The minimum Gasteiger partial charge on any atom is -0.339 e. The minimum absolute atomic E-state index is 0.0869. The smallest absolute Gasteiger partial charge is 0.252 e. The van der Waals surface area contributed by atoms with Crippen molar-refractivity contribution in [1.82, 2.24) is 9.55 Å². The topological polar surface area (TPSA) is 61.9 Å². The van der Waals surface area contributed by atoms with E-state index in [1.54, 1.807) is 23.7 Å². The van der Waals surface area contributed by atoms with Crippen molar-refractivity contribution in [3.63, 3.8) is 0 Å². The van der Waals surface area contributed by atoms with Crippen LogP contribution >= 0.6 is 0 Å². The Labute approximate surface area is 187 Å². The summed E-state index contributed by atoms with van der Waals surface area (Å²) < 4.78 is 1.59. The highest BCUT2D eigenvalue weighted by molar-refractivity contribution is 5.91. The van der Waals surface area contributed by atoms with Crippen LogP contribution in [0.4, 0.5) is 11.4 Å². The van der Waals surface area contributed by atoms with Gasteiger partial charge in [0, 0.05) is 25.3 Å². The highest BCUT2D eigenvalue weighted by Crippen LogP contribution is 2.37. The van der Waals surface area contributed by atoms with Gasteiger partial charge in [-0.25, -0.2) is 4.98 Å². The first kappa shape index (κ1) is 20.0. The molecule has 1 aliphatic rings. The molecule has 1 fully saturated rings. The first-order valence-electron chi connectivity index (χ1n) is 10.9. The number of rotatable bonds is 5. The van der Waals surface area contributed by atoms with Crippen LogP contribution in [-0.4, -0.2) is 16.1 Å². The third-order valence-electron chi connectivity index (χ3n) is 6.14. The molecule has 2 heterocycles. The van der Waals surface area contributed by atoms with Crippen molar-refractivity contribution >= 4 is 22.4 Å². The summed E-state index contributed by atoms with van der Waals surface area (Å²) in [5.74, 6) is 0.602. The lowest BCUT2D eigenvalue weighted by Crippen LogP contribution is -2.25. The first-order chi connectivity index (χ1) is 15.5. The Bertz CT molecular complexity index is 1410. The molecule has 5 heteroatoms. The van der Waals surface area contributed by atoms with Crippen molar-refractivity contribution in [3.8, 4) is 17.2 Å². The van der Waals surface area contributed by atoms with Crippen molar-refractivity contribution in [2.75, 3.05) is 11.4 Å². The van der Waals surface area contributed by atoms with Crippen LogP contribution in [0.2, 0.25) is 0 Å². The molecule has 0 aliphatic heterocycles. The molecule has 158 valence electrons. The maximum Gasteiger partial charge on any atom is 0.252 e. The van der Waals surface area contributed by atoms with Gasteiger partial charge in [-0.1, -0.05) is 42.0 Å². The molecular weight excluding hydrogens is 396 g/mol. The number of aromatic nitrogens is 2. The van der Waals surface area contributed by atoms with Crippen LogP contribution in [0.1, 0.15) is 24.1 Å². The lowest BCUT2D eigenvalue weighted by molar-refractivity contribution is 0.811. The van der Waals surface area contributed by atoms with Crippen LogP contribution in [0, 0.1) is 24.2 Å². The highest BCUT2D eigenvalue weighted by Gasteiger charge is 2.27. The van der Waals surface area contributed by atoms with Gasteiger partial charge in [0.2, 0.25) is 0 Å². The molecule has 32 heavy (non-hydrogen) atoms. The summed E-state index contributed by atoms with van der Waals surface area (Å²) in [4.78, 5) is 19.5. The Morgan fingerprint density at radius 2 is 1.84 bits per heavy atom. The Kier molecular flexibility index (Phi) is 4.99. The molecule has 1 aliphatic carbocycles. The summed E-state index contributed by atoms with van der Waals surface area (Å²) in [6, 6.07) is 24.2. The monoisotopic (exact) mass is 420 g/mol. The van der Waals surface area contributed by atoms with Gasteiger partial charge in [-0.15, -0.1) is 0 Å². The van der Waals surface area contributed by atoms with E-state index in [0.29, 0.717) is 17.1 Å². The van der Waals surface area contributed by atoms with Gasteiger partial charge in [0.05, 0.1) is 11.2 Å².